The summed E-state index contributed by atoms with van der Waals surface area (Å²) in [6.07, 6.45) is 0. The van der Waals surface area contributed by atoms with Crippen LogP contribution in [0.1, 0.15) is 16.1 Å². The molecule has 118 valence electrons. The predicted molar refractivity (Wildman–Crippen MR) is 95.9 cm³/mol. The Labute approximate surface area is 139 Å². The number of aromatic nitrogens is 1. The van der Waals surface area contributed by atoms with Crippen LogP contribution in [-0.4, -0.2) is 17.4 Å². The number of carbonyl (C=O) groups excluding carboxylic acids is 1. The number of nitrogens with one attached hydrogen (secondary N) is 2. The van der Waals surface area contributed by atoms with E-state index in [2.05, 4.69) is 15.6 Å². The van der Waals surface area contributed by atoms with Crippen LogP contribution in [0.3, 0.4) is 0 Å². The fraction of sp³-hybridized carbons (Fsp3) is 0.222. The van der Waals surface area contributed by atoms with Crippen molar-refractivity contribution >= 4 is 33.1 Å². The second-order valence-corrected chi connectivity index (χ2v) is 6.77. The molecule has 0 aliphatic carbocycles. The number of benzene rings is 2. The van der Waals surface area contributed by atoms with Gasteiger partial charge < -0.3 is 10.6 Å². The largest absolute Gasteiger partial charge is 0.376 e. The molecule has 0 saturated carbocycles. The van der Waals surface area contributed by atoms with Crippen molar-refractivity contribution in [2.45, 2.75) is 20.4 Å². The number of rotatable bonds is 5. The highest BCUT2D eigenvalue weighted by Crippen LogP contribution is 2.24. The lowest BCUT2D eigenvalue weighted by molar-refractivity contribution is -0.119. The predicted octanol–water partition coefficient (Wildman–Crippen LogP) is 3.64. The van der Waals surface area contributed by atoms with E-state index in [1.165, 1.54) is 5.56 Å². The molecule has 0 saturated heterocycles. The molecule has 0 unspecified atom stereocenters. The number of carbonyl (C=O) groups is 1. The summed E-state index contributed by atoms with van der Waals surface area (Å²) >= 11 is 1.66. The van der Waals surface area contributed by atoms with E-state index in [1.54, 1.807) is 11.3 Å². The molecule has 23 heavy (non-hydrogen) atoms. The molecule has 0 fully saturated rings. The third kappa shape index (κ3) is 4.07. The number of hydrogen-bond acceptors (Lipinski definition) is 4. The van der Waals surface area contributed by atoms with Gasteiger partial charge in [-0.2, -0.15) is 0 Å². The standard InChI is InChI=1S/C18H19N3OS/c1-12-3-5-14(6-4-12)10-20-18(22)11-19-15-7-8-16-17(9-15)23-13(2)21-16/h3-9,19H,10-11H2,1-2H3,(H,20,22). The van der Waals surface area contributed by atoms with Gasteiger partial charge in [-0.25, -0.2) is 4.98 Å². The molecule has 0 aliphatic heterocycles. The molecule has 1 amide bonds. The van der Waals surface area contributed by atoms with Crippen LogP contribution in [0.4, 0.5) is 5.69 Å². The minimum atomic E-state index is -0.0221. The highest BCUT2D eigenvalue weighted by atomic mass is 32.1. The van der Waals surface area contributed by atoms with Gasteiger partial charge in [-0.3, -0.25) is 4.79 Å². The van der Waals surface area contributed by atoms with Crippen molar-refractivity contribution in [2.24, 2.45) is 0 Å². The first kappa shape index (κ1) is 15.5. The summed E-state index contributed by atoms with van der Waals surface area (Å²) < 4.78 is 1.13. The third-order valence-electron chi connectivity index (χ3n) is 3.56. The molecular formula is C18H19N3OS. The van der Waals surface area contributed by atoms with E-state index in [9.17, 15) is 4.79 Å². The number of anilines is 1. The summed E-state index contributed by atoms with van der Waals surface area (Å²) in [6, 6.07) is 14.1. The zero-order chi connectivity index (χ0) is 16.2. The Bertz CT molecular complexity index is 824. The number of fused-ring (bicyclic) bond motifs is 1. The van der Waals surface area contributed by atoms with E-state index in [0.29, 0.717) is 6.54 Å². The Balaban J connectivity index is 1.52. The van der Waals surface area contributed by atoms with Crippen molar-refractivity contribution in [2.75, 3.05) is 11.9 Å². The Morgan fingerprint density at radius 2 is 1.91 bits per heavy atom. The van der Waals surface area contributed by atoms with Gasteiger partial charge in [0, 0.05) is 12.2 Å². The van der Waals surface area contributed by atoms with Crippen molar-refractivity contribution in [3.63, 3.8) is 0 Å². The minimum absolute atomic E-state index is 0.0221. The van der Waals surface area contributed by atoms with Gasteiger partial charge in [-0.15, -0.1) is 11.3 Å². The summed E-state index contributed by atoms with van der Waals surface area (Å²) in [6.45, 7) is 4.85. The first-order valence-electron chi connectivity index (χ1n) is 7.53. The number of amides is 1. The van der Waals surface area contributed by atoms with Gasteiger partial charge in [0.15, 0.2) is 0 Å². The van der Waals surface area contributed by atoms with Gasteiger partial charge in [0.1, 0.15) is 0 Å². The first-order chi connectivity index (χ1) is 11.1. The summed E-state index contributed by atoms with van der Waals surface area (Å²) in [5, 5.41) is 7.13. The van der Waals surface area contributed by atoms with E-state index < -0.39 is 0 Å². The SMILES string of the molecule is Cc1ccc(CNC(=O)CNc2ccc3nc(C)sc3c2)cc1. The molecule has 3 aromatic rings. The molecule has 2 N–H and O–H groups in total. The van der Waals surface area contributed by atoms with E-state index in [1.807, 2.05) is 56.3 Å². The van der Waals surface area contributed by atoms with E-state index in [-0.39, 0.29) is 12.5 Å². The van der Waals surface area contributed by atoms with Crippen LogP contribution in [-0.2, 0) is 11.3 Å². The lowest BCUT2D eigenvalue weighted by Gasteiger charge is -2.08. The Hall–Kier alpha value is -2.40. The summed E-state index contributed by atoms with van der Waals surface area (Å²) in [7, 11) is 0. The zero-order valence-corrected chi connectivity index (χ0v) is 14.0. The van der Waals surface area contributed by atoms with Crippen LogP contribution in [0.25, 0.3) is 10.2 Å². The quantitative estimate of drug-likeness (QED) is 0.753. The average molecular weight is 325 g/mol. The van der Waals surface area contributed by atoms with E-state index in [0.717, 1.165) is 26.5 Å². The van der Waals surface area contributed by atoms with Crippen LogP contribution in [0, 0.1) is 13.8 Å². The lowest BCUT2D eigenvalue weighted by atomic mass is 10.1. The number of nitrogens with zero attached hydrogens (tertiary/aromatic N) is 1. The number of thiazole rings is 1. The van der Waals surface area contributed by atoms with Crippen LogP contribution in [0.15, 0.2) is 42.5 Å². The molecule has 0 aliphatic rings. The average Bonchev–Trinajstić information content (AvgIpc) is 2.91. The Kier molecular flexibility index (Phi) is 4.57. The van der Waals surface area contributed by atoms with Crippen LogP contribution >= 0.6 is 11.3 Å². The fourth-order valence-electron chi connectivity index (χ4n) is 2.30. The second-order valence-electron chi connectivity index (χ2n) is 5.53. The smallest absolute Gasteiger partial charge is 0.239 e. The number of aryl methyl sites for hydroxylation is 2. The topological polar surface area (TPSA) is 54.0 Å². The number of hydrogen-bond donors (Lipinski definition) is 2. The maximum Gasteiger partial charge on any atom is 0.239 e. The maximum atomic E-state index is 11.9. The molecule has 4 nitrogen and oxygen atoms in total. The second kappa shape index (κ2) is 6.79. The molecule has 0 radical (unpaired) electrons. The summed E-state index contributed by atoms with van der Waals surface area (Å²) in [5.41, 5.74) is 4.26. The monoisotopic (exact) mass is 325 g/mol. The molecule has 1 heterocycles. The van der Waals surface area contributed by atoms with Crippen molar-refractivity contribution in [1.82, 2.24) is 10.3 Å². The van der Waals surface area contributed by atoms with Crippen molar-refractivity contribution in [3.05, 3.63) is 58.6 Å². The fourth-order valence-corrected chi connectivity index (χ4v) is 3.17. The summed E-state index contributed by atoms with van der Waals surface area (Å²) in [5.74, 6) is -0.0221. The van der Waals surface area contributed by atoms with Gasteiger partial charge in [-0.05, 0) is 37.6 Å². The van der Waals surface area contributed by atoms with Crippen molar-refractivity contribution in [1.29, 1.82) is 0 Å². The molecule has 2 aromatic carbocycles. The molecule has 0 spiro atoms. The summed E-state index contributed by atoms with van der Waals surface area (Å²) in [4.78, 5) is 16.4. The van der Waals surface area contributed by atoms with Crippen LogP contribution < -0.4 is 10.6 Å². The lowest BCUT2D eigenvalue weighted by Crippen LogP contribution is -2.29. The highest BCUT2D eigenvalue weighted by Gasteiger charge is 2.04. The van der Waals surface area contributed by atoms with Gasteiger partial charge in [0.25, 0.3) is 0 Å². The van der Waals surface area contributed by atoms with Gasteiger partial charge in [0.05, 0.1) is 21.8 Å². The van der Waals surface area contributed by atoms with E-state index >= 15 is 0 Å². The van der Waals surface area contributed by atoms with Crippen molar-refractivity contribution in [3.8, 4) is 0 Å². The first-order valence-corrected chi connectivity index (χ1v) is 8.35. The normalized spacial score (nSPS) is 10.7. The minimum Gasteiger partial charge on any atom is -0.376 e. The van der Waals surface area contributed by atoms with Crippen LogP contribution in [0.2, 0.25) is 0 Å². The van der Waals surface area contributed by atoms with Gasteiger partial charge in [0.2, 0.25) is 5.91 Å². The van der Waals surface area contributed by atoms with E-state index in [4.69, 9.17) is 0 Å². The van der Waals surface area contributed by atoms with Gasteiger partial charge >= 0.3 is 0 Å². The van der Waals surface area contributed by atoms with Gasteiger partial charge in [-0.1, -0.05) is 29.8 Å². The highest BCUT2D eigenvalue weighted by molar-refractivity contribution is 7.18. The molecule has 5 heteroatoms. The third-order valence-corrected chi connectivity index (χ3v) is 4.49. The van der Waals surface area contributed by atoms with Crippen LogP contribution in [0.5, 0.6) is 0 Å². The molecule has 1 aromatic heterocycles. The molecule has 0 bridgehead atoms. The zero-order valence-electron chi connectivity index (χ0n) is 13.2. The van der Waals surface area contributed by atoms with Crippen molar-refractivity contribution < 1.29 is 4.79 Å². The molecular weight excluding hydrogens is 306 g/mol. The maximum absolute atomic E-state index is 11.9. The molecule has 3 rings (SSSR count). The Morgan fingerprint density at radius 3 is 2.70 bits per heavy atom. The molecule has 0 atom stereocenters. The Morgan fingerprint density at radius 1 is 1.13 bits per heavy atom.